The lowest BCUT2D eigenvalue weighted by atomic mass is 10.2. The number of benzene rings is 1. The summed E-state index contributed by atoms with van der Waals surface area (Å²) in [6, 6.07) is 5.46. The number of rotatable bonds is 5. The van der Waals surface area contributed by atoms with Gasteiger partial charge in [-0.15, -0.1) is 0 Å². The number of carbonyl (C=O) groups excluding carboxylic acids is 1. The van der Waals surface area contributed by atoms with Gasteiger partial charge >= 0.3 is 0 Å². The van der Waals surface area contributed by atoms with E-state index in [-0.39, 0.29) is 11.7 Å². The molecule has 0 unspecified atom stereocenters. The van der Waals surface area contributed by atoms with Gasteiger partial charge in [0.25, 0.3) is 0 Å². The number of nitrogens with one attached hydrogen (secondary N) is 1. The molecule has 4 rings (SSSR count). The Morgan fingerprint density at radius 3 is 2.83 bits per heavy atom. The molecule has 2 aromatic heterocycles. The van der Waals surface area contributed by atoms with Crippen LogP contribution in [0.5, 0.6) is 0 Å². The van der Waals surface area contributed by atoms with Gasteiger partial charge in [0.1, 0.15) is 16.1 Å². The first-order valence-corrected chi connectivity index (χ1v) is 11.8. The molecule has 152 valence electrons. The van der Waals surface area contributed by atoms with Crippen LogP contribution >= 0.6 is 34.7 Å². The van der Waals surface area contributed by atoms with Gasteiger partial charge in [-0.2, -0.15) is 4.98 Å². The van der Waals surface area contributed by atoms with E-state index in [1.807, 2.05) is 19.1 Å². The molecule has 1 amide bonds. The number of thiazole rings is 1. The van der Waals surface area contributed by atoms with Crippen LogP contribution in [0.15, 0.2) is 29.6 Å². The molecule has 1 saturated heterocycles. The summed E-state index contributed by atoms with van der Waals surface area (Å²) in [4.78, 5) is 28.2. The molecule has 29 heavy (non-hydrogen) atoms. The molecule has 3 heterocycles. The van der Waals surface area contributed by atoms with Crippen molar-refractivity contribution >= 4 is 61.8 Å². The van der Waals surface area contributed by atoms with Gasteiger partial charge < -0.3 is 10.2 Å². The van der Waals surface area contributed by atoms with Crippen LogP contribution in [0.1, 0.15) is 31.2 Å². The highest BCUT2D eigenvalue weighted by Gasteiger charge is 2.18. The van der Waals surface area contributed by atoms with Gasteiger partial charge in [-0.25, -0.2) is 9.97 Å². The Hall–Kier alpha value is -1.90. The van der Waals surface area contributed by atoms with E-state index in [9.17, 15) is 4.79 Å². The Balaban J connectivity index is 1.46. The summed E-state index contributed by atoms with van der Waals surface area (Å²) in [6.07, 6.45) is 6.49. The number of nitrogens with zero attached hydrogens (tertiary/aromatic N) is 4. The molecule has 1 aliphatic heterocycles. The highest BCUT2D eigenvalue weighted by molar-refractivity contribution is 8.00. The Bertz CT molecular complexity index is 1020. The first-order chi connectivity index (χ1) is 14.1. The Labute approximate surface area is 183 Å². The molecule has 0 saturated carbocycles. The van der Waals surface area contributed by atoms with Crippen molar-refractivity contribution in [2.24, 2.45) is 0 Å². The number of hydrogen-bond donors (Lipinski definition) is 1. The van der Waals surface area contributed by atoms with Gasteiger partial charge in [0.05, 0.1) is 5.75 Å². The van der Waals surface area contributed by atoms with Crippen molar-refractivity contribution in [3.8, 4) is 0 Å². The number of aromatic nitrogens is 3. The fraction of sp³-hybridized carbons (Fsp3) is 0.400. The van der Waals surface area contributed by atoms with Crippen LogP contribution < -0.4 is 10.2 Å². The van der Waals surface area contributed by atoms with Crippen molar-refractivity contribution in [3.63, 3.8) is 0 Å². The fourth-order valence-electron chi connectivity index (χ4n) is 3.27. The van der Waals surface area contributed by atoms with Crippen molar-refractivity contribution in [1.82, 2.24) is 15.0 Å². The van der Waals surface area contributed by atoms with Crippen molar-refractivity contribution in [2.75, 3.05) is 29.1 Å². The number of hydrogen-bond acceptors (Lipinski definition) is 7. The standard InChI is InChI=1S/C20H22ClN5OS2/c1-13-6-7-14(21)10-15(13)24-16(27)11-28-19-17-18(22-12-23-19)25-20(29-17)26-8-4-2-3-5-9-26/h6-7,10,12H,2-5,8-9,11H2,1H3,(H,24,27). The van der Waals surface area contributed by atoms with Gasteiger partial charge in [-0.3, -0.25) is 4.79 Å². The summed E-state index contributed by atoms with van der Waals surface area (Å²) in [7, 11) is 0. The van der Waals surface area contributed by atoms with Crippen LogP contribution in [0.2, 0.25) is 5.02 Å². The minimum absolute atomic E-state index is 0.0932. The third-order valence-corrected chi connectivity index (χ3v) is 7.30. The molecule has 1 aromatic carbocycles. The van der Waals surface area contributed by atoms with E-state index in [0.717, 1.165) is 39.2 Å². The zero-order valence-electron chi connectivity index (χ0n) is 16.2. The maximum atomic E-state index is 12.4. The van der Waals surface area contributed by atoms with Gasteiger partial charge in [0.15, 0.2) is 10.8 Å². The molecule has 1 aliphatic rings. The van der Waals surface area contributed by atoms with Gasteiger partial charge in [0.2, 0.25) is 5.91 Å². The number of carbonyl (C=O) groups is 1. The number of anilines is 2. The molecule has 0 aliphatic carbocycles. The minimum atomic E-state index is -0.0932. The Morgan fingerprint density at radius 2 is 2.03 bits per heavy atom. The summed E-state index contributed by atoms with van der Waals surface area (Å²) in [5.74, 6) is 0.166. The van der Waals surface area contributed by atoms with E-state index >= 15 is 0 Å². The van der Waals surface area contributed by atoms with Gasteiger partial charge in [-0.05, 0) is 37.5 Å². The maximum Gasteiger partial charge on any atom is 0.234 e. The Kier molecular flexibility index (Phi) is 6.52. The summed E-state index contributed by atoms with van der Waals surface area (Å²) >= 11 is 9.06. The van der Waals surface area contributed by atoms with Gasteiger partial charge in [-0.1, -0.05) is 53.6 Å². The number of halogens is 1. The molecule has 0 atom stereocenters. The molecule has 0 spiro atoms. The average molecular weight is 448 g/mol. The molecule has 0 radical (unpaired) electrons. The first-order valence-electron chi connectivity index (χ1n) is 9.65. The second-order valence-electron chi connectivity index (χ2n) is 7.03. The monoisotopic (exact) mass is 447 g/mol. The van der Waals surface area contributed by atoms with E-state index in [1.54, 1.807) is 17.4 Å². The summed E-state index contributed by atoms with van der Waals surface area (Å²) in [6.45, 7) is 4.02. The largest absolute Gasteiger partial charge is 0.348 e. The summed E-state index contributed by atoms with van der Waals surface area (Å²) < 4.78 is 0.948. The number of fused-ring (bicyclic) bond motifs is 1. The predicted octanol–water partition coefficient (Wildman–Crippen LogP) is 5.16. The van der Waals surface area contributed by atoms with Crippen molar-refractivity contribution in [2.45, 2.75) is 37.6 Å². The molecule has 1 fully saturated rings. The summed E-state index contributed by atoms with van der Waals surface area (Å²) in [5.41, 5.74) is 2.41. The normalized spacial score (nSPS) is 14.8. The minimum Gasteiger partial charge on any atom is -0.348 e. The fourth-order valence-corrected chi connectivity index (χ4v) is 5.39. The van der Waals surface area contributed by atoms with E-state index in [2.05, 4.69) is 20.2 Å². The third kappa shape index (κ3) is 4.99. The number of amides is 1. The van der Waals surface area contributed by atoms with Gasteiger partial charge in [0, 0.05) is 23.8 Å². The van der Waals surface area contributed by atoms with E-state index < -0.39 is 0 Å². The third-order valence-electron chi connectivity index (χ3n) is 4.84. The molecule has 6 nitrogen and oxygen atoms in total. The zero-order chi connectivity index (χ0) is 20.2. The highest BCUT2D eigenvalue weighted by Crippen LogP contribution is 2.34. The van der Waals surface area contributed by atoms with Crippen LogP contribution in [-0.4, -0.2) is 39.7 Å². The van der Waals surface area contributed by atoms with Crippen molar-refractivity contribution in [1.29, 1.82) is 0 Å². The van der Waals surface area contributed by atoms with Crippen LogP contribution in [0.25, 0.3) is 10.3 Å². The first kappa shape index (κ1) is 20.4. The van der Waals surface area contributed by atoms with Crippen LogP contribution in [0.3, 0.4) is 0 Å². The molecular weight excluding hydrogens is 426 g/mol. The quantitative estimate of drug-likeness (QED) is 0.430. The molecular formula is C20H22ClN5OS2. The average Bonchev–Trinajstić information content (AvgIpc) is 2.96. The molecule has 1 N–H and O–H groups in total. The van der Waals surface area contributed by atoms with E-state index in [1.165, 1.54) is 43.8 Å². The molecule has 9 heteroatoms. The SMILES string of the molecule is Cc1ccc(Cl)cc1NC(=O)CSc1ncnc2nc(N3CCCCCC3)sc12. The number of aryl methyl sites for hydroxylation is 1. The highest BCUT2D eigenvalue weighted by atomic mass is 35.5. The predicted molar refractivity (Wildman–Crippen MR) is 121 cm³/mol. The topological polar surface area (TPSA) is 71.0 Å². The second-order valence-corrected chi connectivity index (χ2v) is 9.40. The molecule has 3 aromatic rings. The lowest BCUT2D eigenvalue weighted by Gasteiger charge is -2.18. The maximum absolute atomic E-state index is 12.4. The lowest BCUT2D eigenvalue weighted by molar-refractivity contribution is -0.113. The van der Waals surface area contributed by atoms with E-state index in [0.29, 0.717) is 10.7 Å². The van der Waals surface area contributed by atoms with Crippen LogP contribution in [0.4, 0.5) is 10.8 Å². The van der Waals surface area contributed by atoms with Crippen molar-refractivity contribution < 1.29 is 4.79 Å². The van der Waals surface area contributed by atoms with Crippen molar-refractivity contribution in [3.05, 3.63) is 35.1 Å². The van der Waals surface area contributed by atoms with E-state index in [4.69, 9.17) is 16.6 Å². The second kappa shape index (κ2) is 9.28. The van der Waals surface area contributed by atoms with Crippen LogP contribution in [-0.2, 0) is 4.79 Å². The Morgan fingerprint density at radius 1 is 1.24 bits per heavy atom. The zero-order valence-corrected chi connectivity index (χ0v) is 18.5. The lowest BCUT2D eigenvalue weighted by Crippen LogP contribution is -2.23. The smallest absolute Gasteiger partial charge is 0.234 e. The number of thioether (sulfide) groups is 1. The molecule has 0 bridgehead atoms. The van der Waals surface area contributed by atoms with Crippen LogP contribution in [0, 0.1) is 6.92 Å². The summed E-state index contributed by atoms with van der Waals surface area (Å²) in [5, 5.41) is 5.32.